The standard InChI is InChI=1S/C8H12N6O/c1-6(15)7-3-14(12-11-7)4-8-9-5-10-13(8)2/h3,5-6,15H,4H2,1-2H3. The molecule has 7 nitrogen and oxygen atoms in total. The third kappa shape index (κ3) is 2.01. The van der Waals surface area contributed by atoms with Crippen molar-refractivity contribution >= 4 is 0 Å². The maximum atomic E-state index is 9.27. The lowest BCUT2D eigenvalue weighted by atomic mass is 10.3. The molecule has 2 rings (SSSR count). The van der Waals surface area contributed by atoms with Crippen molar-refractivity contribution in [3.63, 3.8) is 0 Å². The number of hydrogen-bond acceptors (Lipinski definition) is 5. The second kappa shape index (κ2) is 3.77. The zero-order valence-electron chi connectivity index (χ0n) is 8.57. The normalized spacial score (nSPS) is 13.0. The molecule has 0 spiro atoms. The van der Waals surface area contributed by atoms with Crippen molar-refractivity contribution in [3.8, 4) is 0 Å². The van der Waals surface area contributed by atoms with E-state index in [9.17, 15) is 5.11 Å². The molecule has 1 unspecified atom stereocenters. The third-order valence-corrected chi connectivity index (χ3v) is 2.09. The second-order valence-electron chi connectivity index (χ2n) is 3.32. The molecule has 1 N–H and O–H groups in total. The summed E-state index contributed by atoms with van der Waals surface area (Å²) in [5.74, 6) is 0.789. The summed E-state index contributed by atoms with van der Waals surface area (Å²) in [6.07, 6.45) is 2.58. The summed E-state index contributed by atoms with van der Waals surface area (Å²) in [7, 11) is 1.81. The van der Waals surface area contributed by atoms with Gasteiger partial charge in [-0.05, 0) is 6.92 Å². The molecule has 0 aliphatic carbocycles. The Bertz CT molecular complexity index is 445. The Hall–Kier alpha value is -1.76. The summed E-state index contributed by atoms with van der Waals surface area (Å²) in [5, 5.41) is 20.9. The van der Waals surface area contributed by atoms with Gasteiger partial charge in [-0.2, -0.15) is 5.10 Å². The zero-order chi connectivity index (χ0) is 10.8. The van der Waals surface area contributed by atoms with Crippen molar-refractivity contribution in [2.75, 3.05) is 0 Å². The van der Waals surface area contributed by atoms with Crippen LogP contribution in [0.1, 0.15) is 24.5 Å². The van der Waals surface area contributed by atoms with Gasteiger partial charge in [-0.3, -0.25) is 4.68 Å². The van der Waals surface area contributed by atoms with Crippen LogP contribution in [0.3, 0.4) is 0 Å². The van der Waals surface area contributed by atoms with Crippen LogP contribution in [-0.4, -0.2) is 34.9 Å². The minimum atomic E-state index is -0.599. The van der Waals surface area contributed by atoms with E-state index in [0.29, 0.717) is 12.2 Å². The molecule has 0 radical (unpaired) electrons. The van der Waals surface area contributed by atoms with E-state index in [-0.39, 0.29) is 0 Å². The first-order valence-electron chi connectivity index (χ1n) is 4.58. The molecule has 0 saturated heterocycles. The summed E-state index contributed by atoms with van der Waals surface area (Å²) in [6, 6.07) is 0. The average molecular weight is 208 g/mol. The van der Waals surface area contributed by atoms with E-state index < -0.39 is 6.10 Å². The third-order valence-electron chi connectivity index (χ3n) is 2.09. The largest absolute Gasteiger partial charge is 0.387 e. The summed E-state index contributed by atoms with van der Waals surface area (Å²) < 4.78 is 3.29. The summed E-state index contributed by atoms with van der Waals surface area (Å²) >= 11 is 0. The van der Waals surface area contributed by atoms with Crippen LogP contribution in [0.15, 0.2) is 12.5 Å². The van der Waals surface area contributed by atoms with Gasteiger partial charge < -0.3 is 5.11 Å². The fourth-order valence-corrected chi connectivity index (χ4v) is 1.19. The minimum absolute atomic E-state index is 0.496. The van der Waals surface area contributed by atoms with E-state index in [0.717, 1.165) is 5.82 Å². The Morgan fingerprint density at radius 3 is 2.87 bits per heavy atom. The van der Waals surface area contributed by atoms with Gasteiger partial charge in [0.15, 0.2) is 0 Å². The molecule has 2 aromatic heterocycles. The highest BCUT2D eigenvalue weighted by Crippen LogP contribution is 2.06. The molecule has 80 valence electrons. The Balaban J connectivity index is 2.15. The first kappa shape index (κ1) is 9.78. The van der Waals surface area contributed by atoms with E-state index in [1.54, 1.807) is 22.5 Å². The average Bonchev–Trinajstić information content (AvgIpc) is 2.77. The fraction of sp³-hybridized carbons (Fsp3) is 0.500. The molecule has 1 atom stereocenters. The van der Waals surface area contributed by atoms with Crippen LogP contribution in [0.25, 0.3) is 0 Å². The molecule has 0 bridgehead atoms. The monoisotopic (exact) mass is 208 g/mol. The van der Waals surface area contributed by atoms with Gasteiger partial charge in [0.1, 0.15) is 24.4 Å². The van der Waals surface area contributed by atoms with Crippen LogP contribution in [0.4, 0.5) is 0 Å². The molecule has 0 aliphatic heterocycles. The van der Waals surface area contributed by atoms with Gasteiger partial charge in [0, 0.05) is 7.05 Å². The summed E-state index contributed by atoms with van der Waals surface area (Å²) in [5.41, 5.74) is 0.553. The molecule has 2 aromatic rings. The second-order valence-corrected chi connectivity index (χ2v) is 3.32. The molecule has 0 fully saturated rings. The SMILES string of the molecule is CC(O)c1cn(Cc2ncnn2C)nn1. The molecule has 0 aromatic carbocycles. The first-order chi connectivity index (χ1) is 7.16. The van der Waals surface area contributed by atoms with Crippen molar-refractivity contribution in [2.24, 2.45) is 7.05 Å². The van der Waals surface area contributed by atoms with Crippen LogP contribution >= 0.6 is 0 Å². The number of hydrogen-bond donors (Lipinski definition) is 1. The van der Waals surface area contributed by atoms with Crippen LogP contribution in [-0.2, 0) is 13.6 Å². The molecule has 2 heterocycles. The molecule has 7 heteroatoms. The maximum absolute atomic E-state index is 9.27. The van der Waals surface area contributed by atoms with Crippen molar-refractivity contribution in [1.29, 1.82) is 0 Å². The highest BCUT2D eigenvalue weighted by molar-refractivity contribution is 4.97. The van der Waals surface area contributed by atoms with Gasteiger partial charge in [0.2, 0.25) is 0 Å². The highest BCUT2D eigenvalue weighted by Gasteiger charge is 2.08. The Morgan fingerprint density at radius 2 is 2.33 bits per heavy atom. The summed E-state index contributed by atoms with van der Waals surface area (Å²) in [6.45, 7) is 2.15. The predicted molar refractivity (Wildman–Crippen MR) is 50.8 cm³/mol. The lowest BCUT2D eigenvalue weighted by Gasteiger charge is -1.99. The quantitative estimate of drug-likeness (QED) is 0.736. The van der Waals surface area contributed by atoms with Crippen molar-refractivity contribution < 1.29 is 5.11 Å². The minimum Gasteiger partial charge on any atom is -0.387 e. The van der Waals surface area contributed by atoms with Crippen LogP contribution in [0.5, 0.6) is 0 Å². The van der Waals surface area contributed by atoms with Gasteiger partial charge in [0.05, 0.1) is 12.3 Å². The number of rotatable bonds is 3. The van der Waals surface area contributed by atoms with Crippen molar-refractivity contribution in [2.45, 2.75) is 19.6 Å². The van der Waals surface area contributed by atoms with Crippen LogP contribution in [0, 0.1) is 0 Å². The molecule has 0 amide bonds. The van der Waals surface area contributed by atoms with Gasteiger partial charge in [-0.1, -0.05) is 5.21 Å². The highest BCUT2D eigenvalue weighted by atomic mass is 16.3. The molecular weight excluding hydrogens is 196 g/mol. The lowest BCUT2D eigenvalue weighted by molar-refractivity contribution is 0.194. The smallest absolute Gasteiger partial charge is 0.148 e. The molecule has 15 heavy (non-hydrogen) atoms. The van der Waals surface area contributed by atoms with Crippen LogP contribution < -0.4 is 0 Å². The number of aryl methyl sites for hydroxylation is 1. The van der Waals surface area contributed by atoms with E-state index in [2.05, 4.69) is 20.4 Å². The van der Waals surface area contributed by atoms with Gasteiger partial charge >= 0.3 is 0 Å². The van der Waals surface area contributed by atoms with Crippen molar-refractivity contribution in [3.05, 3.63) is 24.0 Å². The van der Waals surface area contributed by atoms with E-state index in [1.165, 1.54) is 6.33 Å². The maximum Gasteiger partial charge on any atom is 0.148 e. The number of aliphatic hydroxyl groups excluding tert-OH is 1. The molecule has 0 saturated carbocycles. The fourth-order valence-electron chi connectivity index (χ4n) is 1.19. The molecule has 0 aliphatic rings. The van der Waals surface area contributed by atoms with E-state index >= 15 is 0 Å². The van der Waals surface area contributed by atoms with Gasteiger partial charge in [-0.15, -0.1) is 5.10 Å². The van der Waals surface area contributed by atoms with Crippen LogP contribution in [0.2, 0.25) is 0 Å². The Labute approximate surface area is 86.4 Å². The first-order valence-corrected chi connectivity index (χ1v) is 4.58. The topological polar surface area (TPSA) is 81.6 Å². The number of nitrogens with zero attached hydrogens (tertiary/aromatic N) is 6. The van der Waals surface area contributed by atoms with E-state index in [4.69, 9.17) is 0 Å². The Morgan fingerprint density at radius 1 is 1.53 bits per heavy atom. The zero-order valence-corrected chi connectivity index (χ0v) is 8.57. The van der Waals surface area contributed by atoms with Gasteiger partial charge in [-0.25, -0.2) is 9.67 Å². The number of aliphatic hydroxyl groups is 1. The van der Waals surface area contributed by atoms with E-state index in [1.807, 2.05) is 7.05 Å². The molecular formula is C8H12N6O. The predicted octanol–water partition coefficient (Wildman–Crippen LogP) is -0.492. The lowest BCUT2D eigenvalue weighted by Crippen LogP contribution is -2.07. The number of aromatic nitrogens is 6. The van der Waals surface area contributed by atoms with Crippen molar-refractivity contribution in [1.82, 2.24) is 29.8 Å². The Kier molecular flexibility index (Phi) is 2.46. The summed E-state index contributed by atoms with van der Waals surface area (Å²) in [4.78, 5) is 4.07. The van der Waals surface area contributed by atoms with Gasteiger partial charge in [0.25, 0.3) is 0 Å².